The summed E-state index contributed by atoms with van der Waals surface area (Å²) in [6.45, 7) is -0.154. The monoisotopic (exact) mass is 302 g/mol. The molecule has 6 heteroatoms. The first-order valence-corrected chi connectivity index (χ1v) is 4.44. The van der Waals surface area contributed by atoms with Gasteiger partial charge in [0.05, 0.1) is 5.56 Å². The SMILES string of the molecule is NCc1cnc(I)cc1C(F)(F)F. The van der Waals surface area contributed by atoms with Gasteiger partial charge < -0.3 is 5.73 Å². The van der Waals surface area contributed by atoms with Gasteiger partial charge in [-0.25, -0.2) is 4.98 Å². The van der Waals surface area contributed by atoms with Gasteiger partial charge in [-0.15, -0.1) is 0 Å². The predicted octanol–water partition coefficient (Wildman–Crippen LogP) is 2.16. The number of hydrogen-bond donors (Lipinski definition) is 1. The van der Waals surface area contributed by atoms with Crippen molar-refractivity contribution in [2.45, 2.75) is 12.7 Å². The van der Waals surface area contributed by atoms with E-state index in [-0.39, 0.29) is 12.1 Å². The van der Waals surface area contributed by atoms with E-state index in [9.17, 15) is 13.2 Å². The Labute approximate surface area is 86.5 Å². The summed E-state index contributed by atoms with van der Waals surface area (Å²) in [5, 5.41) is 0. The summed E-state index contributed by atoms with van der Waals surface area (Å²) in [4.78, 5) is 3.73. The largest absolute Gasteiger partial charge is 0.416 e. The van der Waals surface area contributed by atoms with E-state index in [0.717, 1.165) is 12.3 Å². The van der Waals surface area contributed by atoms with Crippen LogP contribution in [0.2, 0.25) is 0 Å². The molecule has 0 bridgehead atoms. The summed E-state index contributed by atoms with van der Waals surface area (Å²) in [6.07, 6.45) is -3.19. The third-order valence-electron chi connectivity index (χ3n) is 1.48. The van der Waals surface area contributed by atoms with Gasteiger partial charge in [0.2, 0.25) is 0 Å². The van der Waals surface area contributed by atoms with Crippen molar-refractivity contribution < 1.29 is 13.2 Å². The number of pyridine rings is 1. The quantitative estimate of drug-likeness (QED) is 0.638. The van der Waals surface area contributed by atoms with Crippen molar-refractivity contribution in [1.82, 2.24) is 4.98 Å². The molecule has 13 heavy (non-hydrogen) atoms. The Morgan fingerprint density at radius 1 is 1.46 bits per heavy atom. The van der Waals surface area contributed by atoms with E-state index >= 15 is 0 Å². The molecule has 0 fully saturated rings. The van der Waals surface area contributed by atoms with Crippen LogP contribution in [0.1, 0.15) is 11.1 Å². The Bertz CT molecular complexity index is 311. The van der Waals surface area contributed by atoms with Gasteiger partial charge in [-0.1, -0.05) is 0 Å². The molecular formula is C7H6F3IN2. The standard InChI is InChI=1S/C7H6F3IN2/c8-7(9,10)5-1-6(11)13-3-4(5)2-12/h1,3H,2,12H2. The number of aromatic nitrogens is 1. The summed E-state index contributed by atoms with van der Waals surface area (Å²) in [5.74, 6) is 0. The first-order chi connectivity index (χ1) is 5.95. The van der Waals surface area contributed by atoms with Crippen LogP contribution < -0.4 is 5.73 Å². The van der Waals surface area contributed by atoms with E-state index in [4.69, 9.17) is 5.73 Å². The molecule has 0 atom stereocenters. The second-order valence-corrected chi connectivity index (χ2v) is 3.47. The maximum Gasteiger partial charge on any atom is 0.416 e. The van der Waals surface area contributed by atoms with Crippen molar-refractivity contribution >= 4 is 22.6 Å². The molecule has 0 aliphatic heterocycles. The molecule has 2 N–H and O–H groups in total. The summed E-state index contributed by atoms with van der Waals surface area (Å²) >= 11 is 1.73. The van der Waals surface area contributed by atoms with Crippen LogP contribution in [-0.2, 0) is 12.7 Å². The summed E-state index contributed by atoms with van der Waals surface area (Å²) in [5.41, 5.74) is 4.48. The van der Waals surface area contributed by atoms with Crippen LogP contribution in [-0.4, -0.2) is 4.98 Å². The Morgan fingerprint density at radius 3 is 2.54 bits per heavy atom. The molecule has 0 radical (unpaired) electrons. The van der Waals surface area contributed by atoms with Gasteiger partial charge in [0.1, 0.15) is 3.70 Å². The van der Waals surface area contributed by atoms with Crippen LogP contribution in [0.3, 0.4) is 0 Å². The Morgan fingerprint density at radius 2 is 2.08 bits per heavy atom. The van der Waals surface area contributed by atoms with Gasteiger partial charge in [-0.3, -0.25) is 0 Å². The summed E-state index contributed by atoms with van der Waals surface area (Å²) in [6, 6.07) is 0.989. The zero-order valence-corrected chi connectivity index (χ0v) is 8.56. The molecule has 0 aromatic carbocycles. The molecule has 0 aliphatic rings. The highest BCUT2D eigenvalue weighted by atomic mass is 127. The van der Waals surface area contributed by atoms with Crippen molar-refractivity contribution in [3.63, 3.8) is 0 Å². The van der Waals surface area contributed by atoms with Crippen molar-refractivity contribution in [2.75, 3.05) is 0 Å². The molecule has 1 aromatic heterocycles. The van der Waals surface area contributed by atoms with Gasteiger partial charge in [0.15, 0.2) is 0 Å². The highest BCUT2D eigenvalue weighted by Crippen LogP contribution is 2.32. The third-order valence-corrected chi connectivity index (χ3v) is 2.07. The van der Waals surface area contributed by atoms with E-state index in [0.29, 0.717) is 3.70 Å². The molecule has 1 rings (SSSR count). The number of nitrogens with zero attached hydrogens (tertiary/aromatic N) is 1. The minimum Gasteiger partial charge on any atom is -0.326 e. The zero-order valence-electron chi connectivity index (χ0n) is 6.40. The number of halogens is 4. The normalized spacial score (nSPS) is 11.8. The van der Waals surface area contributed by atoms with Crippen LogP contribution in [0.25, 0.3) is 0 Å². The summed E-state index contributed by atoms with van der Waals surface area (Å²) in [7, 11) is 0. The maximum absolute atomic E-state index is 12.3. The average molecular weight is 302 g/mol. The molecule has 1 heterocycles. The molecule has 1 aromatic rings. The molecule has 0 amide bonds. The third kappa shape index (κ3) is 2.53. The van der Waals surface area contributed by atoms with Crippen molar-refractivity contribution in [3.05, 3.63) is 27.1 Å². The Hall–Kier alpha value is -0.370. The van der Waals surface area contributed by atoms with Gasteiger partial charge >= 0.3 is 6.18 Å². The minimum absolute atomic E-state index is 0.0212. The molecule has 2 nitrogen and oxygen atoms in total. The van der Waals surface area contributed by atoms with Gasteiger partial charge in [0, 0.05) is 12.7 Å². The fourth-order valence-corrected chi connectivity index (χ4v) is 1.34. The van der Waals surface area contributed by atoms with Crippen molar-refractivity contribution in [2.24, 2.45) is 5.73 Å². The zero-order chi connectivity index (χ0) is 10.1. The fourth-order valence-electron chi connectivity index (χ4n) is 0.885. The van der Waals surface area contributed by atoms with E-state index < -0.39 is 11.7 Å². The van der Waals surface area contributed by atoms with Crippen molar-refractivity contribution in [3.8, 4) is 0 Å². The first-order valence-electron chi connectivity index (χ1n) is 3.37. The number of hydrogen-bond acceptors (Lipinski definition) is 2. The Balaban J connectivity index is 3.24. The lowest BCUT2D eigenvalue weighted by Crippen LogP contribution is -2.12. The van der Waals surface area contributed by atoms with Crippen LogP contribution in [0.5, 0.6) is 0 Å². The van der Waals surface area contributed by atoms with E-state index in [1.165, 1.54) is 0 Å². The lowest BCUT2D eigenvalue weighted by Gasteiger charge is -2.10. The van der Waals surface area contributed by atoms with Gasteiger partial charge in [-0.2, -0.15) is 13.2 Å². The minimum atomic E-state index is -4.35. The van der Waals surface area contributed by atoms with Gasteiger partial charge in [-0.05, 0) is 34.2 Å². The molecule has 0 saturated heterocycles. The average Bonchev–Trinajstić information content (AvgIpc) is 2.03. The first kappa shape index (κ1) is 10.7. The number of alkyl halides is 3. The van der Waals surface area contributed by atoms with Gasteiger partial charge in [0.25, 0.3) is 0 Å². The lowest BCUT2D eigenvalue weighted by atomic mass is 10.1. The second kappa shape index (κ2) is 3.79. The summed E-state index contributed by atoms with van der Waals surface area (Å²) < 4.78 is 37.3. The van der Waals surface area contributed by atoms with Crippen LogP contribution in [0.15, 0.2) is 12.3 Å². The van der Waals surface area contributed by atoms with Crippen LogP contribution in [0.4, 0.5) is 13.2 Å². The molecule has 0 spiro atoms. The number of nitrogens with two attached hydrogens (primary N) is 1. The molecular weight excluding hydrogens is 296 g/mol. The highest BCUT2D eigenvalue weighted by Gasteiger charge is 2.33. The van der Waals surface area contributed by atoms with Crippen LogP contribution in [0, 0.1) is 3.70 Å². The maximum atomic E-state index is 12.3. The second-order valence-electron chi connectivity index (χ2n) is 2.37. The number of rotatable bonds is 1. The van der Waals surface area contributed by atoms with E-state index in [1.54, 1.807) is 22.6 Å². The molecule has 0 saturated carbocycles. The van der Waals surface area contributed by atoms with E-state index in [1.807, 2.05) is 0 Å². The predicted molar refractivity (Wildman–Crippen MR) is 49.8 cm³/mol. The Kier molecular flexibility index (Phi) is 3.12. The highest BCUT2D eigenvalue weighted by molar-refractivity contribution is 14.1. The van der Waals surface area contributed by atoms with Crippen LogP contribution >= 0.6 is 22.6 Å². The topological polar surface area (TPSA) is 38.9 Å². The smallest absolute Gasteiger partial charge is 0.326 e. The van der Waals surface area contributed by atoms with Crippen molar-refractivity contribution in [1.29, 1.82) is 0 Å². The fraction of sp³-hybridized carbons (Fsp3) is 0.286. The lowest BCUT2D eigenvalue weighted by molar-refractivity contribution is -0.138. The van der Waals surface area contributed by atoms with E-state index in [2.05, 4.69) is 4.98 Å². The molecule has 0 unspecified atom stereocenters. The molecule has 72 valence electrons. The molecule has 0 aliphatic carbocycles.